The van der Waals surface area contributed by atoms with Crippen LogP contribution in [0.3, 0.4) is 0 Å². The van der Waals surface area contributed by atoms with Crippen molar-refractivity contribution in [3.8, 4) is 0 Å². The van der Waals surface area contributed by atoms with E-state index >= 15 is 0 Å². The maximum atomic E-state index is 4.47. The second-order valence-electron chi connectivity index (χ2n) is 6.18. The van der Waals surface area contributed by atoms with Gasteiger partial charge in [0.15, 0.2) is 0 Å². The Morgan fingerprint density at radius 3 is 2.72 bits per heavy atom. The van der Waals surface area contributed by atoms with Crippen LogP contribution in [0.25, 0.3) is 0 Å². The van der Waals surface area contributed by atoms with E-state index in [1.165, 1.54) is 25.0 Å². The molecule has 3 heteroatoms. The molecule has 0 aromatic carbocycles. The third-order valence-electron chi connectivity index (χ3n) is 4.20. The Labute approximate surface area is 111 Å². The molecule has 0 spiro atoms. The summed E-state index contributed by atoms with van der Waals surface area (Å²) in [5.41, 5.74) is 2.91. The Morgan fingerprint density at radius 1 is 1.50 bits per heavy atom. The van der Waals surface area contributed by atoms with Crippen molar-refractivity contribution in [2.24, 2.45) is 18.4 Å². The molecule has 0 amide bonds. The first-order valence-electron chi connectivity index (χ1n) is 7.25. The fourth-order valence-corrected chi connectivity index (χ4v) is 2.93. The van der Waals surface area contributed by atoms with Crippen LogP contribution in [-0.2, 0) is 13.5 Å². The molecule has 3 nitrogen and oxygen atoms in total. The first-order valence-corrected chi connectivity index (χ1v) is 7.25. The number of hydrogen-bond acceptors (Lipinski definition) is 2. The lowest BCUT2D eigenvalue weighted by Crippen LogP contribution is -2.36. The fraction of sp³-hybridized carbons (Fsp3) is 0.800. The predicted octanol–water partition coefficient (Wildman–Crippen LogP) is 2.69. The third kappa shape index (κ3) is 3.14. The largest absolute Gasteiger partial charge is 0.316 e. The molecule has 1 atom stereocenters. The standard InChI is InChI=1S/C15H27N3/c1-5-8-16-11-15(3,13-6-7-13)10-14-9-12(2)17-18(14)4/h9,13,16H,5-8,10-11H2,1-4H3. The highest BCUT2D eigenvalue weighted by Gasteiger charge is 2.41. The number of aryl methyl sites for hydroxylation is 2. The van der Waals surface area contributed by atoms with E-state index in [0.717, 1.165) is 31.1 Å². The summed E-state index contributed by atoms with van der Waals surface area (Å²) in [6.07, 6.45) is 5.17. The molecular formula is C15H27N3. The smallest absolute Gasteiger partial charge is 0.0596 e. The normalized spacial score (nSPS) is 18.9. The molecule has 2 rings (SSSR count). The van der Waals surface area contributed by atoms with Crippen molar-refractivity contribution in [2.45, 2.75) is 46.5 Å². The van der Waals surface area contributed by atoms with Crippen LogP contribution in [0, 0.1) is 18.3 Å². The molecule has 0 bridgehead atoms. The summed E-state index contributed by atoms with van der Waals surface area (Å²) in [6, 6.07) is 2.24. The average molecular weight is 249 g/mol. The SMILES string of the molecule is CCCNCC(C)(Cc1cc(C)nn1C)C1CC1. The van der Waals surface area contributed by atoms with Gasteiger partial charge >= 0.3 is 0 Å². The maximum absolute atomic E-state index is 4.47. The van der Waals surface area contributed by atoms with E-state index in [2.05, 4.69) is 49.0 Å². The molecule has 1 heterocycles. The van der Waals surface area contributed by atoms with Crippen molar-refractivity contribution in [1.82, 2.24) is 15.1 Å². The second-order valence-corrected chi connectivity index (χ2v) is 6.18. The van der Waals surface area contributed by atoms with Crippen LogP contribution < -0.4 is 5.32 Å². The van der Waals surface area contributed by atoms with E-state index in [9.17, 15) is 0 Å². The van der Waals surface area contributed by atoms with E-state index in [-0.39, 0.29) is 0 Å². The number of hydrogen-bond donors (Lipinski definition) is 1. The summed E-state index contributed by atoms with van der Waals surface area (Å²) < 4.78 is 2.05. The van der Waals surface area contributed by atoms with Gasteiger partial charge in [0.05, 0.1) is 5.69 Å². The van der Waals surface area contributed by atoms with Crippen LogP contribution in [0.5, 0.6) is 0 Å². The topological polar surface area (TPSA) is 29.9 Å². The zero-order chi connectivity index (χ0) is 13.2. The Kier molecular flexibility index (Phi) is 4.10. The van der Waals surface area contributed by atoms with Crippen molar-refractivity contribution < 1.29 is 0 Å². The highest BCUT2D eigenvalue weighted by Crippen LogP contribution is 2.47. The first-order chi connectivity index (χ1) is 8.55. The van der Waals surface area contributed by atoms with Gasteiger partial charge in [-0.15, -0.1) is 0 Å². The minimum absolute atomic E-state index is 0.398. The van der Waals surface area contributed by atoms with Gasteiger partial charge in [0.1, 0.15) is 0 Å². The number of nitrogens with one attached hydrogen (secondary N) is 1. The molecule has 1 aliphatic rings. The molecule has 1 saturated carbocycles. The molecule has 1 N–H and O–H groups in total. The lowest BCUT2D eigenvalue weighted by atomic mass is 9.80. The Morgan fingerprint density at radius 2 is 2.22 bits per heavy atom. The predicted molar refractivity (Wildman–Crippen MR) is 75.6 cm³/mol. The van der Waals surface area contributed by atoms with Crippen molar-refractivity contribution >= 4 is 0 Å². The maximum Gasteiger partial charge on any atom is 0.0596 e. The molecule has 1 aromatic heterocycles. The van der Waals surface area contributed by atoms with Crippen LogP contribution >= 0.6 is 0 Å². The van der Waals surface area contributed by atoms with Crippen molar-refractivity contribution in [1.29, 1.82) is 0 Å². The van der Waals surface area contributed by atoms with Gasteiger partial charge in [-0.2, -0.15) is 5.10 Å². The summed E-state index contributed by atoms with van der Waals surface area (Å²) in [6.45, 7) is 9.01. The molecule has 1 aromatic rings. The summed E-state index contributed by atoms with van der Waals surface area (Å²) in [5.74, 6) is 0.900. The molecule has 18 heavy (non-hydrogen) atoms. The molecule has 1 fully saturated rings. The van der Waals surface area contributed by atoms with Gasteiger partial charge in [-0.1, -0.05) is 13.8 Å². The van der Waals surface area contributed by atoms with Crippen LogP contribution in [0.15, 0.2) is 6.07 Å². The number of rotatable bonds is 7. The average Bonchev–Trinajstić information content (AvgIpc) is 3.08. The van der Waals surface area contributed by atoms with Crippen molar-refractivity contribution in [2.75, 3.05) is 13.1 Å². The van der Waals surface area contributed by atoms with Gasteiger partial charge in [-0.25, -0.2) is 0 Å². The summed E-state index contributed by atoms with van der Waals surface area (Å²) >= 11 is 0. The number of nitrogens with zero attached hydrogens (tertiary/aromatic N) is 2. The van der Waals surface area contributed by atoms with E-state index in [1.54, 1.807) is 0 Å². The van der Waals surface area contributed by atoms with Crippen LogP contribution in [0.1, 0.15) is 44.5 Å². The second kappa shape index (κ2) is 5.43. The van der Waals surface area contributed by atoms with Gasteiger partial charge in [-0.05, 0) is 56.6 Å². The molecule has 1 aliphatic carbocycles. The van der Waals surface area contributed by atoms with Gasteiger partial charge in [-0.3, -0.25) is 4.68 Å². The quantitative estimate of drug-likeness (QED) is 0.753. The van der Waals surface area contributed by atoms with E-state index in [0.29, 0.717) is 5.41 Å². The van der Waals surface area contributed by atoms with Gasteiger partial charge < -0.3 is 5.32 Å². The lowest BCUT2D eigenvalue weighted by molar-refractivity contribution is 0.251. The minimum Gasteiger partial charge on any atom is -0.316 e. The number of aromatic nitrogens is 2. The zero-order valence-electron chi connectivity index (χ0n) is 12.3. The van der Waals surface area contributed by atoms with E-state index < -0.39 is 0 Å². The van der Waals surface area contributed by atoms with Gasteiger partial charge in [0, 0.05) is 19.3 Å². The van der Waals surface area contributed by atoms with Crippen molar-refractivity contribution in [3.63, 3.8) is 0 Å². The Balaban J connectivity index is 2.03. The van der Waals surface area contributed by atoms with Crippen LogP contribution in [0.4, 0.5) is 0 Å². The van der Waals surface area contributed by atoms with Crippen LogP contribution in [0.2, 0.25) is 0 Å². The minimum atomic E-state index is 0.398. The van der Waals surface area contributed by atoms with E-state index in [4.69, 9.17) is 0 Å². The molecule has 0 saturated heterocycles. The highest BCUT2D eigenvalue weighted by atomic mass is 15.3. The molecule has 1 unspecified atom stereocenters. The van der Waals surface area contributed by atoms with Gasteiger partial charge in [0.2, 0.25) is 0 Å². The molecule has 0 aliphatic heterocycles. The fourth-order valence-electron chi connectivity index (χ4n) is 2.93. The monoisotopic (exact) mass is 249 g/mol. The molecule has 102 valence electrons. The zero-order valence-corrected chi connectivity index (χ0v) is 12.3. The Hall–Kier alpha value is -0.830. The Bertz CT molecular complexity index is 392. The summed E-state index contributed by atoms with van der Waals surface area (Å²) in [7, 11) is 2.06. The lowest BCUT2D eigenvalue weighted by Gasteiger charge is -2.30. The highest BCUT2D eigenvalue weighted by molar-refractivity contribution is 5.12. The van der Waals surface area contributed by atoms with E-state index in [1.807, 2.05) is 0 Å². The molecular weight excluding hydrogens is 222 g/mol. The van der Waals surface area contributed by atoms with Crippen LogP contribution in [-0.4, -0.2) is 22.9 Å². The first kappa shape index (κ1) is 13.6. The van der Waals surface area contributed by atoms with Crippen molar-refractivity contribution in [3.05, 3.63) is 17.5 Å². The van der Waals surface area contributed by atoms with Gasteiger partial charge in [0.25, 0.3) is 0 Å². The summed E-state index contributed by atoms with van der Waals surface area (Å²) in [5, 5.41) is 8.08. The third-order valence-corrected chi connectivity index (χ3v) is 4.20. The summed E-state index contributed by atoms with van der Waals surface area (Å²) in [4.78, 5) is 0. The molecule has 0 radical (unpaired) electrons.